The third-order valence-corrected chi connectivity index (χ3v) is 4.19. The van der Waals surface area contributed by atoms with Gasteiger partial charge in [-0.15, -0.1) is 0 Å². The quantitative estimate of drug-likeness (QED) is 0.487. The standard InChI is InChI=1S/C23H21NO3/c1-16-12-14-18(15-13-16)22(25)17(2)27-23(26)20-10-6-7-11-21(20)24-19-8-4-3-5-9-19/h3-15,17,24H,1-2H3/t17-/m0/s1. The van der Waals surface area contributed by atoms with Crippen molar-refractivity contribution in [3.05, 3.63) is 95.6 Å². The Labute approximate surface area is 158 Å². The van der Waals surface area contributed by atoms with Gasteiger partial charge in [-0.05, 0) is 38.1 Å². The first-order valence-corrected chi connectivity index (χ1v) is 8.77. The molecule has 0 saturated heterocycles. The van der Waals surface area contributed by atoms with Gasteiger partial charge in [0.15, 0.2) is 6.10 Å². The fraction of sp³-hybridized carbons (Fsp3) is 0.130. The molecule has 0 saturated carbocycles. The van der Waals surface area contributed by atoms with Crippen molar-refractivity contribution in [3.8, 4) is 0 Å². The summed E-state index contributed by atoms with van der Waals surface area (Å²) in [7, 11) is 0. The van der Waals surface area contributed by atoms with Crippen LogP contribution in [-0.4, -0.2) is 17.9 Å². The highest BCUT2D eigenvalue weighted by Gasteiger charge is 2.22. The van der Waals surface area contributed by atoms with Gasteiger partial charge < -0.3 is 10.1 Å². The van der Waals surface area contributed by atoms with Crippen LogP contribution in [0.5, 0.6) is 0 Å². The molecule has 0 aromatic heterocycles. The van der Waals surface area contributed by atoms with E-state index in [0.29, 0.717) is 16.8 Å². The van der Waals surface area contributed by atoms with Gasteiger partial charge in [-0.25, -0.2) is 4.79 Å². The maximum Gasteiger partial charge on any atom is 0.340 e. The number of hydrogen-bond donors (Lipinski definition) is 1. The summed E-state index contributed by atoms with van der Waals surface area (Å²) < 4.78 is 5.43. The molecule has 1 atom stereocenters. The molecular weight excluding hydrogens is 338 g/mol. The van der Waals surface area contributed by atoms with Crippen LogP contribution in [0, 0.1) is 6.92 Å². The molecule has 0 fully saturated rings. The van der Waals surface area contributed by atoms with Crippen LogP contribution in [0.15, 0.2) is 78.9 Å². The number of benzene rings is 3. The molecule has 0 unspecified atom stereocenters. The van der Waals surface area contributed by atoms with Crippen molar-refractivity contribution >= 4 is 23.1 Å². The molecule has 136 valence electrons. The molecule has 0 aliphatic heterocycles. The van der Waals surface area contributed by atoms with Crippen LogP contribution < -0.4 is 5.32 Å². The van der Waals surface area contributed by atoms with Crippen molar-refractivity contribution < 1.29 is 14.3 Å². The highest BCUT2D eigenvalue weighted by atomic mass is 16.5. The fourth-order valence-electron chi connectivity index (χ4n) is 2.68. The molecule has 27 heavy (non-hydrogen) atoms. The normalized spacial score (nSPS) is 11.5. The second-order valence-corrected chi connectivity index (χ2v) is 6.31. The molecule has 4 heteroatoms. The lowest BCUT2D eigenvalue weighted by Crippen LogP contribution is -2.24. The Balaban J connectivity index is 1.74. The number of anilines is 2. The number of nitrogens with one attached hydrogen (secondary N) is 1. The molecule has 0 heterocycles. The van der Waals surface area contributed by atoms with Gasteiger partial charge >= 0.3 is 5.97 Å². The predicted molar refractivity (Wildman–Crippen MR) is 107 cm³/mol. The number of rotatable bonds is 6. The topological polar surface area (TPSA) is 55.4 Å². The van der Waals surface area contributed by atoms with Crippen LogP contribution in [0.3, 0.4) is 0 Å². The third-order valence-electron chi connectivity index (χ3n) is 4.19. The number of carbonyl (C=O) groups excluding carboxylic acids is 2. The van der Waals surface area contributed by atoms with E-state index >= 15 is 0 Å². The van der Waals surface area contributed by atoms with E-state index in [1.807, 2.05) is 55.5 Å². The highest BCUT2D eigenvalue weighted by molar-refractivity contribution is 6.02. The summed E-state index contributed by atoms with van der Waals surface area (Å²) in [6.45, 7) is 3.54. The van der Waals surface area contributed by atoms with E-state index in [9.17, 15) is 9.59 Å². The predicted octanol–water partition coefficient (Wildman–Crippen LogP) is 5.17. The average molecular weight is 359 g/mol. The molecular formula is C23H21NO3. The molecule has 0 amide bonds. The number of ether oxygens (including phenoxy) is 1. The summed E-state index contributed by atoms with van der Waals surface area (Å²) in [5.41, 5.74) is 3.46. The van der Waals surface area contributed by atoms with Gasteiger partial charge in [-0.2, -0.15) is 0 Å². The monoisotopic (exact) mass is 359 g/mol. The van der Waals surface area contributed by atoms with Crippen molar-refractivity contribution in [1.82, 2.24) is 0 Å². The SMILES string of the molecule is Cc1ccc(C(=O)[C@H](C)OC(=O)c2ccccc2Nc2ccccc2)cc1. The summed E-state index contributed by atoms with van der Waals surface area (Å²) in [6.07, 6.45) is -0.870. The van der Waals surface area contributed by atoms with Gasteiger partial charge in [0, 0.05) is 11.3 Å². The maximum absolute atomic E-state index is 12.6. The smallest absolute Gasteiger partial charge is 0.340 e. The van der Waals surface area contributed by atoms with Gasteiger partial charge in [-0.1, -0.05) is 60.2 Å². The summed E-state index contributed by atoms with van der Waals surface area (Å²) in [6, 6.07) is 23.8. The molecule has 0 radical (unpaired) electrons. The third kappa shape index (κ3) is 4.61. The Bertz CT molecular complexity index is 933. The number of Topliss-reactive ketones (excluding diaryl/α,β-unsaturated/α-hetero) is 1. The number of esters is 1. The zero-order valence-corrected chi connectivity index (χ0v) is 15.3. The van der Waals surface area contributed by atoms with Crippen LogP contribution in [-0.2, 0) is 4.74 Å². The molecule has 3 aromatic rings. The highest BCUT2D eigenvalue weighted by Crippen LogP contribution is 2.22. The summed E-state index contributed by atoms with van der Waals surface area (Å²) in [5, 5.41) is 3.21. The van der Waals surface area contributed by atoms with Gasteiger partial charge in [-0.3, -0.25) is 4.79 Å². The molecule has 3 rings (SSSR count). The van der Waals surface area contributed by atoms with Gasteiger partial charge in [0.25, 0.3) is 0 Å². The largest absolute Gasteiger partial charge is 0.451 e. The fourth-order valence-corrected chi connectivity index (χ4v) is 2.68. The second kappa shape index (κ2) is 8.32. The molecule has 0 aliphatic rings. The van der Waals surface area contributed by atoms with E-state index in [2.05, 4.69) is 5.32 Å². The molecule has 0 spiro atoms. The van der Waals surface area contributed by atoms with E-state index in [0.717, 1.165) is 11.3 Å². The van der Waals surface area contributed by atoms with E-state index in [-0.39, 0.29) is 5.78 Å². The van der Waals surface area contributed by atoms with E-state index in [1.54, 1.807) is 37.3 Å². The van der Waals surface area contributed by atoms with Crippen molar-refractivity contribution in [2.45, 2.75) is 20.0 Å². The number of carbonyl (C=O) groups is 2. The van der Waals surface area contributed by atoms with Crippen molar-refractivity contribution in [2.24, 2.45) is 0 Å². The van der Waals surface area contributed by atoms with Crippen LogP contribution in [0.4, 0.5) is 11.4 Å². The lowest BCUT2D eigenvalue weighted by Gasteiger charge is -2.15. The summed E-state index contributed by atoms with van der Waals surface area (Å²) >= 11 is 0. The molecule has 0 bridgehead atoms. The second-order valence-electron chi connectivity index (χ2n) is 6.31. The van der Waals surface area contributed by atoms with Crippen LogP contribution in [0.25, 0.3) is 0 Å². The van der Waals surface area contributed by atoms with E-state index < -0.39 is 12.1 Å². The lowest BCUT2D eigenvalue weighted by atomic mass is 10.1. The Morgan fingerprint density at radius 2 is 1.48 bits per heavy atom. The number of hydrogen-bond acceptors (Lipinski definition) is 4. The average Bonchev–Trinajstić information content (AvgIpc) is 2.69. The lowest BCUT2D eigenvalue weighted by molar-refractivity contribution is 0.0320. The van der Waals surface area contributed by atoms with Gasteiger partial charge in [0.2, 0.25) is 5.78 Å². The number of para-hydroxylation sites is 2. The molecule has 1 N–H and O–H groups in total. The maximum atomic E-state index is 12.6. The van der Waals surface area contributed by atoms with Crippen molar-refractivity contribution in [2.75, 3.05) is 5.32 Å². The van der Waals surface area contributed by atoms with E-state index in [4.69, 9.17) is 4.74 Å². The zero-order valence-electron chi connectivity index (χ0n) is 15.3. The minimum absolute atomic E-state index is 0.225. The van der Waals surface area contributed by atoms with Crippen molar-refractivity contribution in [1.29, 1.82) is 0 Å². The minimum atomic E-state index is -0.870. The van der Waals surface area contributed by atoms with Crippen LogP contribution >= 0.6 is 0 Å². The summed E-state index contributed by atoms with van der Waals surface area (Å²) in [5.74, 6) is -0.765. The first-order valence-electron chi connectivity index (χ1n) is 8.77. The first-order chi connectivity index (χ1) is 13.0. The first kappa shape index (κ1) is 18.4. The zero-order chi connectivity index (χ0) is 19.2. The minimum Gasteiger partial charge on any atom is -0.451 e. The Morgan fingerprint density at radius 3 is 2.19 bits per heavy atom. The number of aryl methyl sites for hydroxylation is 1. The molecule has 0 aliphatic carbocycles. The molecule has 4 nitrogen and oxygen atoms in total. The van der Waals surface area contributed by atoms with Crippen LogP contribution in [0.1, 0.15) is 33.2 Å². The van der Waals surface area contributed by atoms with E-state index in [1.165, 1.54) is 0 Å². The Hall–Kier alpha value is -3.40. The van der Waals surface area contributed by atoms with Gasteiger partial charge in [0.05, 0.1) is 11.3 Å². The Morgan fingerprint density at radius 1 is 0.852 bits per heavy atom. The molecule has 3 aromatic carbocycles. The summed E-state index contributed by atoms with van der Waals surface area (Å²) in [4.78, 5) is 25.1. The Kier molecular flexibility index (Phi) is 5.67. The van der Waals surface area contributed by atoms with Crippen molar-refractivity contribution in [3.63, 3.8) is 0 Å². The van der Waals surface area contributed by atoms with Crippen LogP contribution in [0.2, 0.25) is 0 Å². The number of ketones is 1. The van der Waals surface area contributed by atoms with Gasteiger partial charge in [0.1, 0.15) is 0 Å².